The van der Waals surface area contributed by atoms with Crippen molar-refractivity contribution in [1.29, 1.82) is 0 Å². The minimum absolute atomic E-state index is 0.0336. The van der Waals surface area contributed by atoms with Crippen LogP contribution in [-0.4, -0.2) is 24.5 Å². The van der Waals surface area contributed by atoms with Crippen LogP contribution in [0.25, 0.3) is 10.8 Å². The third kappa shape index (κ3) is 3.54. The maximum Gasteiger partial charge on any atom is 0.335 e. The number of sulfonamides is 1. The van der Waals surface area contributed by atoms with Crippen molar-refractivity contribution in [3.05, 3.63) is 101 Å². The highest BCUT2D eigenvalue weighted by atomic mass is 32.2. The van der Waals surface area contributed by atoms with E-state index in [-0.39, 0.29) is 10.5 Å². The normalized spacial score (nSPS) is 15.4. The molecule has 0 unspecified atom stereocenters. The van der Waals surface area contributed by atoms with Crippen molar-refractivity contribution in [2.75, 3.05) is 4.31 Å². The zero-order valence-electron chi connectivity index (χ0n) is 18.0. The van der Waals surface area contributed by atoms with Gasteiger partial charge < -0.3 is 5.11 Å². The van der Waals surface area contributed by atoms with E-state index in [1.807, 2.05) is 55.5 Å². The minimum atomic E-state index is -4.04. The number of anilines is 1. The summed E-state index contributed by atoms with van der Waals surface area (Å²) < 4.78 is 29.5. The standard InChI is InChI=1S/C26H22N2O4S/c1-17-22-8-4-3-7-20(22)16-27-25(17)28(24-15-12-18-6-2-5-9-23(18)24)33(31,32)21-13-10-19(11-14-21)26(29)30/h2-11,13-14,16,24H,12,15H2,1H3,(H,29,30)/t24-/m0/s1. The van der Waals surface area contributed by atoms with E-state index in [2.05, 4.69) is 4.98 Å². The summed E-state index contributed by atoms with van der Waals surface area (Å²) in [5, 5.41) is 11.1. The van der Waals surface area contributed by atoms with E-state index in [0.29, 0.717) is 12.2 Å². The number of nitrogens with zero attached hydrogens (tertiary/aromatic N) is 2. The lowest BCUT2D eigenvalue weighted by atomic mass is 10.1. The number of carbonyl (C=O) groups is 1. The first kappa shape index (κ1) is 21.2. The molecule has 3 aromatic carbocycles. The molecule has 5 rings (SSSR count). The second-order valence-corrected chi connectivity index (χ2v) is 9.99. The first-order valence-electron chi connectivity index (χ1n) is 10.7. The van der Waals surface area contributed by atoms with Gasteiger partial charge in [0, 0.05) is 17.1 Å². The van der Waals surface area contributed by atoms with Crippen molar-refractivity contribution in [3.63, 3.8) is 0 Å². The highest BCUT2D eigenvalue weighted by Gasteiger charge is 2.38. The lowest BCUT2D eigenvalue weighted by molar-refractivity contribution is 0.0696. The Bertz CT molecular complexity index is 1480. The second kappa shape index (κ2) is 8.01. The Morgan fingerprint density at radius 3 is 2.45 bits per heavy atom. The fourth-order valence-electron chi connectivity index (χ4n) is 4.61. The Hall–Kier alpha value is -3.71. The van der Waals surface area contributed by atoms with Crippen molar-refractivity contribution in [1.82, 2.24) is 4.98 Å². The average Bonchev–Trinajstić information content (AvgIpc) is 3.24. The molecule has 166 valence electrons. The molecule has 33 heavy (non-hydrogen) atoms. The Morgan fingerprint density at radius 1 is 1.00 bits per heavy atom. The summed E-state index contributed by atoms with van der Waals surface area (Å²) in [5.41, 5.74) is 2.91. The largest absolute Gasteiger partial charge is 0.478 e. The summed E-state index contributed by atoms with van der Waals surface area (Å²) in [6.07, 6.45) is 3.12. The van der Waals surface area contributed by atoms with Gasteiger partial charge in [0.05, 0.1) is 16.5 Å². The number of hydrogen-bond donors (Lipinski definition) is 1. The molecule has 6 nitrogen and oxygen atoms in total. The zero-order chi connectivity index (χ0) is 23.2. The number of aryl methyl sites for hydroxylation is 2. The van der Waals surface area contributed by atoms with Crippen LogP contribution in [0.4, 0.5) is 5.82 Å². The van der Waals surface area contributed by atoms with Gasteiger partial charge in [-0.1, -0.05) is 48.5 Å². The van der Waals surface area contributed by atoms with E-state index < -0.39 is 22.0 Å². The monoisotopic (exact) mass is 458 g/mol. The summed E-state index contributed by atoms with van der Waals surface area (Å²) in [6, 6.07) is 20.6. The molecule has 0 saturated heterocycles. The van der Waals surface area contributed by atoms with Gasteiger partial charge in [-0.05, 0) is 60.5 Å². The molecule has 1 heterocycles. The number of hydrogen-bond acceptors (Lipinski definition) is 4. The molecular weight excluding hydrogens is 436 g/mol. The molecule has 0 fully saturated rings. The van der Waals surface area contributed by atoms with Crippen LogP contribution in [-0.2, 0) is 16.4 Å². The molecule has 1 aliphatic carbocycles. The maximum absolute atomic E-state index is 14.0. The lowest BCUT2D eigenvalue weighted by Gasteiger charge is -2.31. The van der Waals surface area contributed by atoms with E-state index >= 15 is 0 Å². The third-order valence-electron chi connectivity index (χ3n) is 6.28. The molecule has 1 atom stereocenters. The van der Waals surface area contributed by atoms with E-state index in [4.69, 9.17) is 0 Å². The molecular formula is C26H22N2O4S. The quantitative estimate of drug-likeness (QED) is 0.448. The molecule has 1 aliphatic rings. The average molecular weight is 459 g/mol. The molecule has 0 aliphatic heterocycles. The first-order chi connectivity index (χ1) is 15.9. The van der Waals surface area contributed by atoms with Gasteiger partial charge in [0.25, 0.3) is 10.0 Å². The highest BCUT2D eigenvalue weighted by molar-refractivity contribution is 7.92. The lowest BCUT2D eigenvalue weighted by Crippen LogP contribution is -2.35. The molecule has 0 spiro atoms. The molecule has 1 N–H and O–H groups in total. The molecule has 0 saturated carbocycles. The third-order valence-corrected chi connectivity index (χ3v) is 8.09. The number of fused-ring (bicyclic) bond motifs is 2. The predicted molar refractivity (Wildman–Crippen MR) is 127 cm³/mol. The smallest absolute Gasteiger partial charge is 0.335 e. The van der Waals surface area contributed by atoms with Crippen LogP contribution < -0.4 is 4.31 Å². The predicted octanol–water partition coefficient (Wildman–Crippen LogP) is 5.12. The van der Waals surface area contributed by atoms with Gasteiger partial charge in [0.15, 0.2) is 0 Å². The van der Waals surface area contributed by atoms with Gasteiger partial charge in [-0.2, -0.15) is 0 Å². The summed E-state index contributed by atoms with van der Waals surface area (Å²) in [5.74, 6) is -0.717. The summed E-state index contributed by atoms with van der Waals surface area (Å²) >= 11 is 0. The van der Waals surface area contributed by atoms with Crippen LogP contribution >= 0.6 is 0 Å². The fourth-order valence-corrected chi connectivity index (χ4v) is 6.28. The van der Waals surface area contributed by atoms with E-state index in [1.165, 1.54) is 28.6 Å². The molecule has 0 radical (unpaired) electrons. The van der Waals surface area contributed by atoms with E-state index in [9.17, 15) is 18.3 Å². The van der Waals surface area contributed by atoms with E-state index in [0.717, 1.165) is 33.9 Å². The first-order valence-corrected chi connectivity index (χ1v) is 12.1. The molecule has 7 heteroatoms. The molecule has 1 aromatic heterocycles. The fraction of sp³-hybridized carbons (Fsp3) is 0.154. The zero-order valence-corrected chi connectivity index (χ0v) is 18.8. The number of rotatable bonds is 5. The highest BCUT2D eigenvalue weighted by Crippen LogP contribution is 2.42. The Morgan fingerprint density at radius 2 is 1.70 bits per heavy atom. The topological polar surface area (TPSA) is 87.6 Å². The molecule has 4 aromatic rings. The van der Waals surface area contributed by atoms with Crippen LogP contribution in [0.15, 0.2) is 83.9 Å². The molecule has 0 amide bonds. The number of carboxylic acid groups (broad SMARTS) is 1. The molecule has 0 bridgehead atoms. The van der Waals surface area contributed by atoms with Gasteiger partial charge in [-0.25, -0.2) is 22.5 Å². The summed E-state index contributed by atoms with van der Waals surface area (Å²) in [7, 11) is -4.04. The van der Waals surface area contributed by atoms with Crippen LogP contribution in [0.1, 0.15) is 39.5 Å². The number of pyridine rings is 1. The van der Waals surface area contributed by atoms with Gasteiger partial charge >= 0.3 is 5.97 Å². The van der Waals surface area contributed by atoms with Gasteiger partial charge in [-0.15, -0.1) is 0 Å². The second-order valence-electron chi connectivity index (χ2n) is 8.18. The number of aromatic nitrogens is 1. The maximum atomic E-state index is 14.0. The van der Waals surface area contributed by atoms with Crippen LogP contribution in [0, 0.1) is 6.92 Å². The summed E-state index contributed by atoms with van der Waals surface area (Å²) in [4.78, 5) is 15.9. The van der Waals surface area contributed by atoms with Crippen molar-refractivity contribution < 1.29 is 18.3 Å². The number of carboxylic acids is 1. The Labute approximate surface area is 192 Å². The Kier molecular flexibility index (Phi) is 5.13. The van der Waals surface area contributed by atoms with Crippen LogP contribution in [0.5, 0.6) is 0 Å². The van der Waals surface area contributed by atoms with E-state index in [1.54, 1.807) is 6.20 Å². The van der Waals surface area contributed by atoms with Crippen molar-refractivity contribution in [2.45, 2.75) is 30.7 Å². The number of aromatic carboxylic acids is 1. The van der Waals surface area contributed by atoms with Crippen molar-refractivity contribution >= 4 is 32.6 Å². The summed E-state index contributed by atoms with van der Waals surface area (Å²) in [6.45, 7) is 1.89. The SMILES string of the molecule is Cc1c(N([C@H]2CCc3ccccc32)S(=O)(=O)c2ccc(C(=O)O)cc2)ncc2ccccc12. The van der Waals surface area contributed by atoms with Gasteiger partial charge in [0.2, 0.25) is 0 Å². The number of benzene rings is 3. The van der Waals surface area contributed by atoms with Crippen molar-refractivity contribution in [3.8, 4) is 0 Å². The van der Waals surface area contributed by atoms with Crippen LogP contribution in [0.2, 0.25) is 0 Å². The van der Waals surface area contributed by atoms with Crippen molar-refractivity contribution in [2.24, 2.45) is 0 Å². The van der Waals surface area contributed by atoms with Gasteiger partial charge in [0.1, 0.15) is 5.82 Å². The minimum Gasteiger partial charge on any atom is -0.478 e. The van der Waals surface area contributed by atoms with Gasteiger partial charge in [-0.3, -0.25) is 0 Å². The van der Waals surface area contributed by atoms with Crippen LogP contribution in [0.3, 0.4) is 0 Å². The Balaban J connectivity index is 1.72.